The lowest BCUT2D eigenvalue weighted by Gasteiger charge is -2.55. The van der Waals surface area contributed by atoms with E-state index in [9.17, 15) is 0 Å². The summed E-state index contributed by atoms with van der Waals surface area (Å²) in [4.78, 5) is 0. The number of benzene rings is 1. The van der Waals surface area contributed by atoms with Crippen LogP contribution < -0.4 is 0 Å². The van der Waals surface area contributed by atoms with Gasteiger partial charge < -0.3 is 0 Å². The molecule has 0 atom stereocenters. The van der Waals surface area contributed by atoms with Gasteiger partial charge in [-0.05, 0) is 77.7 Å². The van der Waals surface area contributed by atoms with Gasteiger partial charge >= 0.3 is 0 Å². The van der Waals surface area contributed by atoms with Crippen molar-refractivity contribution in [3.05, 3.63) is 33.9 Å². The van der Waals surface area contributed by atoms with Crippen molar-refractivity contribution in [3.63, 3.8) is 0 Å². The summed E-state index contributed by atoms with van der Waals surface area (Å²) in [5, 5.41) is 0. The van der Waals surface area contributed by atoms with Crippen LogP contribution >= 0.6 is 0 Å². The van der Waals surface area contributed by atoms with Crippen LogP contribution in [-0.4, -0.2) is 0 Å². The van der Waals surface area contributed by atoms with Crippen LogP contribution in [0.4, 0.5) is 0 Å². The van der Waals surface area contributed by atoms with Gasteiger partial charge in [0.25, 0.3) is 0 Å². The van der Waals surface area contributed by atoms with E-state index in [1.54, 1.807) is 16.7 Å². The van der Waals surface area contributed by atoms with Crippen LogP contribution in [0.2, 0.25) is 0 Å². The third-order valence-electron chi connectivity index (χ3n) is 7.11. The molecule has 0 heterocycles. The molecule has 20 heavy (non-hydrogen) atoms. The van der Waals surface area contributed by atoms with Gasteiger partial charge in [0, 0.05) is 0 Å². The first-order valence-corrected chi connectivity index (χ1v) is 8.03. The molecule has 112 valence electrons. The van der Waals surface area contributed by atoms with Gasteiger partial charge in [-0.15, -0.1) is 0 Å². The van der Waals surface area contributed by atoms with E-state index in [1.807, 2.05) is 0 Å². The minimum absolute atomic E-state index is 0.186. The standard InChI is InChI=1S/C20H32/c1-13-12-16-10-11-18(4,5)20(8,9)19(6,7)17(14(13)2)15(16)3/h12H,10-11H2,1-9H3. The van der Waals surface area contributed by atoms with Crippen LogP contribution in [-0.2, 0) is 11.8 Å². The predicted molar refractivity (Wildman–Crippen MR) is 89.6 cm³/mol. The second-order valence-corrected chi connectivity index (χ2v) is 8.61. The van der Waals surface area contributed by atoms with Gasteiger partial charge in [0.15, 0.2) is 0 Å². The van der Waals surface area contributed by atoms with E-state index in [1.165, 1.54) is 24.0 Å². The molecule has 0 saturated heterocycles. The SMILES string of the molecule is Cc1cc2c(C)c(c1C)C(C)(C)C(C)(C)C(C)(C)CC2. The van der Waals surface area contributed by atoms with Crippen LogP contribution in [0.5, 0.6) is 0 Å². The fourth-order valence-corrected chi connectivity index (χ4v) is 4.23. The van der Waals surface area contributed by atoms with Gasteiger partial charge in [0.05, 0.1) is 0 Å². The highest BCUT2D eigenvalue weighted by molar-refractivity contribution is 5.50. The van der Waals surface area contributed by atoms with Crippen molar-refractivity contribution in [2.24, 2.45) is 10.8 Å². The fraction of sp³-hybridized carbons (Fsp3) is 0.700. The number of hydrogen-bond acceptors (Lipinski definition) is 0. The lowest BCUT2D eigenvalue weighted by molar-refractivity contribution is 0.0202. The van der Waals surface area contributed by atoms with Gasteiger partial charge in [-0.1, -0.05) is 47.6 Å². The fourth-order valence-electron chi connectivity index (χ4n) is 4.23. The maximum absolute atomic E-state index is 2.47. The highest BCUT2D eigenvalue weighted by atomic mass is 14.5. The molecule has 0 aromatic heterocycles. The molecule has 0 amide bonds. The van der Waals surface area contributed by atoms with Gasteiger partial charge in [0.2, 0.25) is 0 Å². The molecule has 0 spiro atoms. The Balaban J connectivity index is 2.85. The van der Waals surface area contributed by atoms with Crippen molar-refractivity contribution in [2.45, 2.75) is 80.6 Å². The molecule has 0 aliphatic heterocycles. The summed E-state index contributed by atoms with van der Waals surface area (Å²) in [5.41, 5.74) is 8.47. The van der Waals surface area contributed by atoms with E-state index in [4.69, 9.17) is 0 Å². The average molecular weight is 272 g/mol. The maximum atomic E-state index is 2.47. The molecule has 0 unspecified atom stereocenters. The first-order valence-electron chi connectivity index (χ1n) is 8.03. The molecule has 2 rings (SSSR count). The highest BCUT2D eigenvalue weighted by Crippen LogP contribution is 2.57. The minimum Gasteiger partial charge on any atom is -0.0594 e. The van der Waals surface area contributed by atoms with Gasteiger partial charge in [0.1, 0.15) is 0 Å². The Kier molecular flexibility index (Phi) is 3.40. The Labute approximate surface area is 126 Å². The smallest absolute Gasteiger partial charge is 0.00419 e. The van der Waals surface area contributed by atoms with Crippen molar-refractivity contribution in [3.8, 4) is 0 Å². The molecular weight excluding hydrogens is 240 g/mol. The molecule has 1 aromatic rings. The molecule has 0 saturated carbocycles. The Hall–Kier alpha value is -0.780. The summed E-state index contributed by atoms with van der Waals surface area (Å²) < 4.78 is 0. The molecule has 0 heteroatoms. The Morgan fingerprint density at radius 3 is 1.95 bits per heavy atom. The van der Waals surface area contributed by atoms with Crippen LogP contribution in [0.15, 0.2) is 6.07 Å². The topological polar surface area (TPSA) is 0 Å². The lowest BCUT2D eigenvalue weighted by atomic mass is 9.49. The van der Waals surface area contributed by atoms with Crippen LogP contribution in [0, 0.1) is 31.6 Å². The molecule has 0 radical (unpaired) electrons. The van der Waals surface area contributed by atoms with E-state index >= 15 is 0 Å². The summed E-state index contributed by atoms with van der Waals surface area (Å²) in [7, 11) is 0. The first-order chi connectivity index (χ1) is 8.93. The van der Waals surface area contributed by atoms with Gasteiger partial charge in [-0.2, -0.15) is 0 Å². The van der Waals surface area contributed by atoms with E-state index < -0.39 is 0 Å². The van der Waals surface area contributed by atoms with Crippen molar-refractivity contribution in [2.75, 3.05) is 0 Å². The second-order valence-electron chi connectivity index (χ2n) is 8.61. The minimum atomic E-state index is 0.186. The summed E-state index contributed by atoms with van der Waals surface area (Å²) >= 11 is 0. The van der Waals surface area contributed by atoms with E-state index in [-0.39, 0.29) is 10.8 Å². The Morgan fingerprint density at radius 2 is 1.40 bits per heavy atom. The number of aryl methyl sites for hydroxylation is 2. The highest BCUT2D eigenvalue weighted by Gasteiger charge is 2.50. The van der Waals surface area contributed by atoms with Crippen molar-refractivity contribution >= 4 is 0 Å². The second kappa shape index (κ2) is 4.36. The van der Waals surface area contributed by atoms with E-state index in [0.717, 1.165) is 0 Å². The molecule has 1 aliphatic carbocycles. The number of fused-ring (bicyclic) bond motifs is 2. The summed E-state index contributed by atoms with van der Waals surface area (Å²) in [6.45, 7) is 21.7. The predicted octanol–water partition coefficient (Wildman–Crippen LogP) is 5.89. The largest absolute Gasteiger partial charge is 0.0594 e. The normalized spacial score (nSPS) is 23.1. The molecule has 0 nitrogen and oxygen atoms in total. The molecule has 1 aromatic carbocycles. The van der Waals surface area contributed by atoms with Crippen LogP contribution in [0.3, 0.4) is 0 Å². The maximum Gasteiger partial charge on any atom is -0.00419 e. The van der Waals surface area contributed by atoms with Crippen molar-refractivity contribution in [1.29, 1.82) is 0 Å². The summed E-state index contributed by atoms with van der Waals surface area (Å²) in [6.07, 6.45) is 2.48. The lowest BCUT2D eigenvalue weighted by Crippen LogP contribution is -2.49. The summed E-state index contributed by atoms with van der Waals surface area (Å²) in [6, 6.07) is 2.43. The van der Waals surface area contributed by atoms with Crippen molar-refractivity contribution in [1.82, 2.24) is 0 Å². The molecule has 0 fully saturated rings. The quantitative estimate of drug-likeness (QED) is 0.552. The number of rotatable bonds is 0. The summed E-state index contributed by atoms with van der Waals surface area (Å²) in [5.74, 6) is 0. The first kappa shape index (κ1) is 15.6. The van der Waals surface area contributed by atoms with Crippen molar-refractivity contribution < 1.29 is 0 Å². The Morgan fingerprint density at radius 1 is 0.850 bits per heavy atom. The third kappa shape index (κ3) is 1.87. The zero-order chi connectivity index (χ0) is 15.5. The van der Waals surface area contributed by atoms with Crippen LogP contribution in [0.25, 0.3) is 0 Å². The third-order valence-corrected chi connectivity index (χ3v) is 7.11. The molecule has 2 bridgehead atoms. The number of hydrogen-bond donors (Lipinski definition) is 0. The zero-order valence-corrected chi connectivity index (χ0v) is 15.0. The van der Waals surface area contributed by atoms with Crippen LogP contribution in [0.1, 0.15) is 75.8 Å². The molecular formula is C20H32. The molecule has 1 aliphatic rings. The zero-order valence-electron chi connectivity index (χ0n) is 15.0. The molecule has 0 N–H and O–H groups in total. The van der Waals surface area contributed by atoms with E-state index in [0.29, 0.717) is 5.41 Å². The van der Waals surface area contributed by atoms with E-state index in [2.05, 4.69) is 68.4 Å². The average Bonchev–Trinajstić information content (AvgIpc) is 2.30. The monoisotopic (exact) mass is 272 g/mol. The van der Waals surface area contributed by atoms with Gasteiger partial charge in [-0.3, -0.25) is 0 Å². The Bertz CT molecular complexity index is 542. The van der Waals surface area contributed by atoms with Gasteiger partial charge in [-0.25, -0.2) is 0 Å².